The van der Waals surface area contributed by atoms with Crippen LogP contribution in [-0.4, -0.2) is 25.5 Å². The van der Waals surface area contributed by atoms with Gasteiger partial charge in [-0.05, 0) is 55.5 Å². The Hall–Kier alpha value is -3.26. The summed E-state index contributed by atoms with van der Waals surface area (Å²) in [5.41, 5.74) is 1.76. The molecule has 8 heteroatoms. The zero-order valence-corrected chi connectivity index (χ0v) is 15.1. The number of hydrogen-bond acceptors (Lipinski definition) is 5. The number of amides is 1. The van der Waals surface area contributed by atoms with Crippen molar-refractivity contribution < 1.29 is 9.18 Å². The monoisotopic (exact) mass is 379 g/mol. The number of nitrogens with zero attached hydrogens (tertiary/aromatic N) is 4. The summed E-state index contributed by atoms with van der Waals surface area (Å²) in [5, 5.41) is 7.84. The molecule has 0 unspecified atom stereocenters. The summed E-state index contributed by atoms with van der Waals surface area (Å²) in [6.07, 6.45) is 1.47. The maximum Gasteiger partial charge on any atom is 0.255 e. The summed E-state index contributed by atoms with van der Waals surface area (Å²) in [6.45, 7) is 1.91. The van der Waals surface area contributed by atoms with E-state index in [1.165, 1.54) is 36.3 Å². The van der Waals surface area contributed by atoms with Crippen LogP contribution in [0, 0.1) is 12.7 Å². The Morgan fingerprint density at radius 1 is 1.15 bits per heavy atom. The predicted molar refractivity (Wildman–Crippen MR) is 100 cm³/mol. The molecule has 0 bridgehead atoms. The van der Waals surface area contributed by atoms with E-state index < -0.39 is 5.82 Å². The Morgan fingerprint density at radius 2 is 1.96 bits per heavy atom. The standard InChI is InChI=1S/C19H14FN5OS/c1-12-9-17(25-19(23-12)21-11-22-25)27-16-7-5-15(6-8-16)24-18(26)13-3-2-4-14(20)10-13/h2-11H,1H3,(H,24,26). The molecular formula is C19H14FN5OS. The summed E-state index contributed by atoms with van der Waals surface area (Å²) >= 11 is 1.52. The molecule has 0 fully saturated rings. The summed E-state index contributed by atoms with van der Waals surface area (Å²) in [6, 6.07) is 14.9. The average Bonchev–Trinajstić information content (AvgIpc) is 3.12. The summed E-state index contributed by atoms with van der Waals surface area (Å²) in [4.78, 5) is 21.6. The number of anilines is 1. The lowest BCUT2D eigenvalue weighted by Crippen LogP contribution is -2.11. The second-order valence-electron chi connectivity index (χ2n) is 5.80. The van der Waals surface area contributed by atoms with Crippen LogP contribution in [0.3, 0.4) is 0 Å². The van der Waals surface area contributed by atoms with Crippen LogP contribution in [0.4, 0.5) is 10.1 Å². The molecule has 0 spiro atoms. The molecule has 0 saturated carbocycles. The fourth-order valence-corrected chi connectivity index (χ4v) is 3.49. The van der Waals surface area contributed by atoms with Gasteiger partial charge < -0.3 is 5.32 Å². The molecule has 6 nitrogen and oxygen atoms in total. The zero-order chi connectivity index (χ0) is 18.8. The van der Waals surface area contributed by atoms with Crippen molar-refractivity contribution in [2.24, 2.45) is 0 Å². The highest BCUT2D eigenvalue weighted by atomic mass is 32.2. The number of halogens is 1. The van der Waals surface area contributed by atoms with E-state index in [-0.39, 0.29) is 11.5 Å². The Labute approximate surface area is 158 Å². The molecule has 0 aliphatic heterocycles. The van der Waals surface area contributed by atoms with E-state index in [1.54, 1.807) is 22.7 Å². The average molecular weight is 379 g/mol. The minimum absolute atomic E-state index is 0.272. The van der Waals surface area contributed by atoms with Crippen LogP contribution >= 0.6 is 11.8 Å². The minimum Gasteiger partial charge on any atom is -0.322 e. The van der Waals surface area contributed by atoms with E-state index in [1.807, 2.05) is 25.1 Å². The second-order valence-corrected chi connectivity index (χ2v) is 6.89. The van der Waals surface area contributed by atoms with E-state index >= 15 is 0 Å². The predicted octanol–water partition coefficient (Wildman–Crippen LogP) is 3.98. The van der Waals surface area contributed by atoms with Crippen LogP contribution in [0.1, 0.15) is 16.1 Å². The van der Waals surface area contributed by atoms with E-state index in [0.29, 0.717) is 11.5 Å². The molecule has 27 heavy (non-hydrogen) atoms. The van der Waals surface area contributed by atoms with Crippen molar-refractivity contribution in [2.45, 2.75) is 16.8 Å². The van der Waals surface area contributed by atoms with Crippen molar-refractivity contribution in [1.29, 1.82) is 0 Å². The third kappa shape index (κ3) is 3.80. The topological polar surface area (TPSA) is 72.2 Å². The van der Waals surface area contributed by atoms with Crippen LogP contribution < -0.4 is 5.32 Å². The lowest BCUT2D eigenvalue weighted by molar-refractivity contribution is 0.102. The lowest BCUT2D eigenvalue weighted by Gasteiger charge is -2.08. The quantitative estimate of drug-likeness (QED) is 0.543. The molecule has 2 heterocycles. The highest BCUT2D eigenvalue weighted by Crippen LogP contribution is 2.28. The Balaban J connectivity index is 1.50. The van der Waals surface area contributed by atoms with Gasteiger partial charge in [0.15, 0.2) is 0 Å². The zero-order valence-electron chi connectivity index (χ0n) is 14.3. The molecule has 134 valence electrons. The van der Waals surface area contributed by atoms with Gasteiger partial charge in [0.25, 0.3) is 11.7 Å². The van der Waals surface area contributed by atoms with Crippen LogP contribution in [0.2, 0.25) is 0 Å². The van der Waals surface area contributed by atoms with Gasteiger partial charge in [-0.1, -0.05) is 17.8 Å². The van der Waals surface area contributed by atoms with E-state index in [9.17, 15) is 9.18 Å². The van der Waals surface area contributed by atoms with Gasteiger partial charge in [-0.3, -0.25) is 4.79 Å². The summed E-state index contributed by atoms with van der Waals surface area (Å²) in [7, 11) is 0. The van der Waals surface area contributed by atoms with Gasteiger partial charge >= 0.3 is 0 Å². The van der Waals surface area contributed by atoms with Gasteiger partial charge in [-0.25, -0.2) is 9.37 Å². The smallest absolute Gasteiger partial charge is 0.255 e. The molecule has 0 saturated heterocycles. The van der Waals surface area contributed by atoms with Crippen molar-refractivity contribution in [1.82, 2.24) is 19.6 Å². The first kappa shape index (κ1) is 17.2. The van der Waals surface area contributed by atoms with Crippen LogP contribution in [0.5, 0.6) is 0 Å². The van der Waals surface area contributed by atoms with Gasteiger partial charge in [0.1, 0.15) is 17.2 Å². The van der Waals surface area contributed by atoms with E-state index in [0.717, 1.165) is 15.6 Å². The van der Waals surface area contributed by atoms with Gasteiger partial charge in [0.05, 0.1) is 0 Å². The third-order valence-electron chi connectivity index (χ3n) is 3.77. The molecule has 2 aromatic heterocycles. The fraction of sp³-hybridized carbons (Fsp3) is 0.0526. The first-order chi connectivity index (χ1) is 13.1. The fourth-order valence-electron chi connectivity index (χ4n) is 2.53. The number of rotatable bonds is 4. The Kier molecular flexibility index (Phi) is 4.55. The number of aryl methyl sites for hydroxylation is 1. The second kappa shape index (κ2) is 7.16. The number of aromatic nitrogens is 4. The maximum absolute atomic E-state index is 13.2. The number of carbonyl (C=O) groups excluding carboxylic acids is 1. The Bertz CT molecular complexity index is 1130. The lowest BCUT2D eigenvalue weighted by atomic mass is 10.2. The first-order valence-corrected chi connectivity index (χ1v) is 8.92. The van der Waals surface area contributed by atoms with Crippen molar-refractivity contribution >= 4 is 29.1 Å². The maximum atomic E-state index is 13.2. The molecular weight excluding hydrogens is 365 g/mol. The number of carbonyl (C=O) groups is 1. The molecule has 4 rings (SSSR count). The minimum atomic E-state index is -0.443. The molecule has 2 aromatic carbocycles. The number of nitrogens with one attached hydrogen (secondary N) is 1. The molecule has 0 atom stereocenters. The number of benzene rings is 2. The van der Waals surface area contributed by atoms with Crippen molar-refractivity contribution in [3.05, 3.63) is 78.0 Å². The summed E-state index contributed by atoms with van der Waals surface area (Å²) in [5.74, 6) is -0.248. The molecule has 4 aromatic rings. The largest absolute Gasteiger partial charge is 0.322 e. The molecule has 0 aliphatic carbocycles. The van der Waals surface area contributed by atoms with Gasteiger partial charge in [0, 0.05) is 21.8 Å². The first-order valence-electron chi connectivity index (χ1n) is 8.11. The number of fused-ring (bicyclic) bond motifs is 1. The van der Waals surface area contributed by atoms with Crippen molar-refractivity contribution in [3.63, 3.8) is 0 Å². The Morgan fingerprint density at radius 3 is 2.74 bits per heavy atom. The third-order valence-corrected chi connectivity index (χ3v) is 4.78. The van der Waals surface area contributed by atoms with Crippen LogP contribution in [-0.2, 0) is 0 Å². The normalized spacial score (nSPS) is 10.9. The van der Waals surface area contributed by atoms with E-state index in [2.05, 4.69) is 20.4 Å². The van der Waals surface area contributed by atoms with Gasteiger partial charge in [-0.2, -0.15) is 14.6 Å². The van der Waals surface area contributed by atoms with Crippen molar-refractivity contribution in [2.75, 3.05) is 5.32 Å². The molecule has 1 amide bonds. The van der Waals surface area contributed by atoms with Crippen molar-refractivity contribution in [3.8, 4) is 0 Å². The summed E-state index contributed by atoms with van der Waals surface area (Å²) < 4.78 is 14.9. The molecule has 1 N–H and O–H groups in total. The highest BCUT2D eigenvalue weighted by molar-refractivity contribution is 7.99. The molecule has 0 radical (unpaired) electrons. The molecule has 0 aliphatic rings. The SMILES string of the molecule is Cc1cc(Sc2ccc(NC(=O)c3cccc(F)c3)cc2)n2ncnc2n1. The van der Waals surface area contributed by atoms with Crippen LogP contribution in [0.25, 0.3) is 5.78 Å². The van der Waals surface area contributed by atoms with Crippen LogP contribution in [0.15, 0.2) is 70.8 Å². The van der Waals surface area contributed by atoms with Gasteiger partial charge in [-0.15, -0.1) is 0 Å². The van der Waals surface area contributed by atoms with E-state index in [4.69, 9.17) is 0 Å². The van der Waals surface area contributed by atoms with Gasteiger partial charge in [0.2, 0.25) is 0 Å². The number of hydrogen-bond donors (Lipinski definition) is 1. The highest BCUT2D eigenvalue weighted by Gasteiger charge is 2.09.